The maximum atomic E-state index is 11.6. The van der Waals surface area contributed by atoms with Gasteiger partial charge in [0, 0.05) is 17.8 Å². The van der Waals surface area contributed by atoms with Crippen molar-refractivity contribution < 1.29 is 14.6 Å². The van der Waals surface area contributed by atoms with E-state index in [1.54, 1.807) is 18.3 Å². The average molecular weight is 233 g/mol. The van der Waals surface area contributed by atoms with E-state index in [0.29, 0.717) is 11.0 Å². The van der Waals surface area contributed by atoms with Gasteiger partial charge in [-0.05, 0) is 12.1 Å². The largest absolute Gasteiger partial charge is 0.460 e. The van der Waals surface area contributed by atoms with Gasteiger partial charge in [0.2, 0.25) is 0 Å². The highest BCUT2D eigenvalue weighted by Crippen LogP contribution is 2.21. The van der Waals surface area contributed by atoms with Crippen LogP contribution in [0.5, 0.6) is 0 Å². The minimum absolute atomic E-state index is 0.0661. The van der Waals surface area contributed by atoms with E-state index in [1.165, 1.54) is 6.20 Å². The van der Waals surface area contributed by atoms with Crippen LogP contribution in [-0.2, 0) is 4.74 Å². The topological polar surface area (TPSA) is 98.3 Å². The minimum atomic E-state index is -0.602. The fourth-order valence-corrected chi connectivity index (χ4v) is 1.43. The second kappa shape index (κ2) is 4.75. The van der Waals surface area contributed by atoms with Gasteiger partial charge in [-0.3, -0.25) is 0 Å². The number of nitrogens with zero attached hydrogens (tertiary/aromatic N) is 2. The molecule has 0 spiro atoms. The van der Waals surface area contributed by atoms with E-state index in [-0.39, 0.29) is 24.5 Å². The van der Waals surface area contributed by atoms with Crippen LogP contribution in [0.15, 0.2) is 24.5 Å². The Hall–Kier alpha value is -2.21. The van der Waals surface area contributed by atoms with Crippen LogP contribution in [0, 0.1) is 0 Å². The molecule has 0 radical (unpaired) electrons. The zero-order valence-corrected chi connectivity index (χ0v) is 8.96. The number of hydrogen-bond donors (Lipinski definition) is 2. The van der Waals surface area contributed by atoms with Gasteiger partial charge in [0.1, 0.15) is 12.2 Å². The number of fused-ring (bicyclic) bond motifs is 1. The van der Waals surface area contributed by atoms with Gasteiger partial charge in [0.15, 0.2) is 5.65 Å². The summed E-state index contributed by atoms with van der Waals surface area (Å²) in [5.74, 6) is -0.602. The van der Waals surface area contributed by atoms with Crippen LogP contribution >= 0.6 is 0 Å². The Bertz CT molecular complexity index is 557. The maximum absolute atomic E-state index is 11.6. The Labute approximate surface area is 97.1 Å². The lowest BCUT2D eigenvalue weighted by Crippen LogP contribution is -2.12. The van der Waals surface area contributed by atoms with E-state index in [2.05, 4.69) is 9.97 Å². The van der Waals surface area contributed by atoms with Gasteiger partial charge in [-0.25, -0.2) is 14.8 Å². The van der Waals surface area contributed by atoms with Crippen LogP contribution in [0.25, 0.3) is 11.0 Å². The van der Waals surface area contributed by atoms with Gasteiger partial charge >= 0.3 is 5.97 Å². The highest BCUT2D eigenvalue weighted by Gasteiger charge is 2.14. The number of pyridine rings is 2. The summed E-state index contributed by atoms with van der Waals surface area (Å²) in [7, 11) is 0. The number of nitrogen functional groups attached to an aromatic ring is 1. The van der Waals surface area contributed by atoms with Crippen LogP contribution < -0.4 is 5.73 Å². The standard InChI is InChI=1S/C11H11N3O3/c12-9-7-2-1-3-13-10(7)14-6-8(9)11(16)17-5-4-15/h1-3,6,15H,4-5H2,(H2,12,13,14). The molecule has 2 aromatic rings. The zero-order valence-electron chi connectivity index (χ0n) is 8.96. The molecular weight excluding hydrogens is 222 g/mol. The molecule has 0 saturated heterocycles. The molecule has 17 heavy (non-hydrogen) atoms. The number of nitrogens with two attached hydrogens (primary N) is 1. The monoisotopic (exact) mass is 233 g/mol. The van der Waals surface area contributed by atoms with Gasteiger partial charge in [0.25, 0.3) is 0 Å². The van der Waals surface area contributed by atoms with Gasteiger partial charge in [0.05, 0.1) is 12.3 Å². The van der Waals surface area contributed by atoms with Gasteiger partial charge in [-0.1, -0.05) is 0 Å². The third kappa shape index (κ3) is 2.16. The van der Waals surface area contributed by atoms with E-state index >= 15 is 0 Å². The van der Waals surface area contributed by atoms with E-state index in [4.69, 9.17) is 15.6 Å². The number of anilines is 1. The van der Waals surface area contributed by atoms with Gasteiger partial charge in [-0.2, -0.15) is 0 Å². The third-order valence-corrected chi connectivity index (χ3v) is 2.23. The van der Waals surface area contributed by atoms with Crippen molar-refractivity contribution in [3.8, 4) is 0 Å². The number of aliphatic hydroxyl groups is 1. The van der Waals surface area contributed by atoms with Crippen LogP contribution in [0.3, 0.4) is 0 Å². The summed E-state index contributed by atoms with van der Waals surface area (Å²) in [6.45, 7) is -0.294. The summed E-state index contributed by atoms with van der Waals surface area (Å²) in [6, 6.07) is 3.44. The number of aromatic nitrogens is 2. The Balaban J connectivity index is 2.42. The van der Waals surface area contributed by atoms with Crippen LogP contribution in [0.2, 0.25) is 0 Å². The molecule has 0 aliphatic carbocycles. The SMILES string of the molecule is Nc1c(C(=O)OCCO)cnc2ncccc12. The van der Waals surface area contributed by atoms with E-state index < -0.39 is 5.97 Å². The summed E-state index contributed by atoms with van der Waals surface area (Å²) in [5.41, 5.74) is 6.79. The summed E-state index contributed by atoms with van der Waals surface area (Å²) < 4.78 is 4.78. The first-order chi connectivity index (χ1) is 8.24. The molecule has 88 valence electrons. The highest BCUT2D eigenvalue weighted by atomic mass is 16.5. The van der Waals surface area contributed by atoms with Crippen molar-refractivity contribution >= 4 is 22.7 Å². The predicted molar refractivity (Wildman–Crippen MR) is 61.3 cm³/mol. The summed E-state index contributed by atoms with van der Waals surface area (Å²) in [5, 5.41) is 9.17. The minimum Gasteiger partial charge on any atom is -0.460 e. The van der Waals surface area contributed by atoms with E-state index in [1.807, 2.05) is 0 Å². The number of ether oxygens (including phenoxy) is 1. The fraction of sp³-hybridized carbons (Fsp3) is 0.182. The number of esters is 1. The number of hydrogen-bond acceptors (Lipinski definition) is 6. The van der Waals surface area contributed by atoms with Crippen molar-refractivity contribution in [2.24, 2.45) is 0 Å². The molecule has 2 aromatic heterocycles. The third-order valence-electron chi connectivity index (χ3n) is 2.23. The lowest BCUT2D eigenvalue weighted by atomic mass is 10.1. The quantitative estimate of drug-likeness (QED) is 0.743. The molecule has 0 aromatic carbocycles. The van der Waals surface area contributed by atoms with Crippen molar-refractivity contribution in [2.45, 2.75) is 0 Å². The van der Waals surface area contributed by atoms with Gasteiger partial charge in [-0.15, -0.1) is 0 Å². The molecule has 0 saturated carbocycles. The molecule has 0 fully saturated rings. The first-order valence-corrected chi connectivity index (χ1v) is 5.01. The van der Waals surface area contributed by atoms with E-state index in [9.17, 15) is 4.79 Å². The molecule has 0 amide bonds. The van der Waals surface area contributed by atoms with Crippen molar-refractivity contribution in [1.82, 2.24) is 9.97 Å². The number of carbonyl (C=O) groups is 1. The van der Waals surface area contributed by atoms with Crippen LogP contribution in [0.1, 0.15) is 10.4 Å². The van der Waals surface area contributed by atoms with Crippen molar-refractivity contribution in [3.63, 3.8) is 0 Å². The Morgan fingerprint density at radius 1 is 1.47 bits per heavy atom. The van der Waals surface area contributed by atoms with Crippen LogP contribution in [-0.4, -0.2) is 34.3 Å². The first-order valence-electron chi connectivity index (χ1n) is 5.01. The lowest BCUT2D eigenvalue weighted by molar-refractivity contribution is 0.0434. The average Bonchev–Trinajstić information content (AvgIpc) is 2.37. The second-order valence-corrected chi connectivity index (χ2v) is 3.32. The summed E-state index contributed by atoms with van der Waals surface area (Å²) in [4.78, 5) is 19.6. The fourth-order valence-electron chi connectivity index (χ4n) is 1.43. The smallest absolute Gasteiger partial charge is 0.341 e. The second-order valence-electron chi connectivity index (χ2n) is 3.32. The zero-order chi connectivity index (χ0) is 12.3. The molecule has 0 unspecified atom stereocenters. The number of aliphatic hydroxyl groups excluding tert-OH is 1. The molecule has 0 aliphatic heterocycles. The Morgan fingerprint density at radius 2 is 2.29 bits per heavy atom. The molecule has 6 nitrogen and oxygen atoms in total. The Morgan fingerprint density at radius 3 is 3.06 bits per heavy atom. The molecule has 0 aliphatic rings. The molecule has 6 heteroatoms. The summed E-state index contributed by atoms with van der Waals surface area (Å²) in [6.07, 6.45) is 2.92. The molecule has 2 rings (SSSR count). The molecular formula is C11H11N3O3. The van der Waals surface area contributed by atoms with E-state index in [0.717, 1.165) is 0 Å². The molecule has 0 bridgehead atoms. The summed E-state index contributed by atoms with van der Waals surface area (Å²) >= 11 is 0. The normalized spacial score (nSPS) is 10.4. The van der Waals surface area contributed by atoms with Crippen molar-refractivity contribution in [1.29, 1.82) is 0 Å². The van der Waals surface area contributed by atoms with Crippen molar-refractivity contribution in [2.75, 3.05) is 18.9 Å². The Kier molecular flexibility index (Phi) is 3.15. The number of carbonyl (C=O) groups excluding carboxylic acids is 1. The molecule has 2 heterocycles. The lowest BCUT2D eigenvalue weighted by Gasteiger charge is -2.07. The predicted octanol–water partition coefficient (Wildman–Crippen LogP) is 0.361. The van der Waals surface area contributed by atoms with Crippen LogP contribution in [0.4, 0.5) is 5.69 Å². The maximum Gasteiger partial charge on any atom is 0.341 e. The molecule has 0 atom stereocenters. The van der Waals surface area contributed by atoms with Crippen molar-refractivity contribution in [3.05, 3.63) is 30.1 Å². The first kappa shape index (κ1) is 11.3. The highest BCUT2D eigenvalue weighted by molar-refractivity contribution is 6.03. The molecule has 3 N–H and O–H groups in total. The number of rotatable bonds is 3. The van der Waals surface area contributed by atoms with Gasteiger partial charge < -0.3 is 15.6 Å².